The third-order valence-electron chi connectivity index (χ3n) is 3.36. The summed E-state index contributed by atoms with van der Waals surface area (Å²) in [6.07, 6.45) is 3.19. The molecule has 3 aromatic heterocycles. The minimum atomic E-state index is -0.382. The molecule has 0 fully saturated rings. The fourth-order valence-electron chi connectivity index (χ4n) is 2.08. The average Bonchev–Trinajstić information content (AvgIpc) is 3.32. The van der Waals surface area contributed by atoms with Gasteiger partial charge in [0.15, 0.2) is 10.9 Å². The summed E-state index contributed by atoms with van der Waals surface area (Å²) in [6.45, 7) is 0.363. The maximum absolute atomic E-state index is 12.0. The van der Waals surface area contributed by atoms with Crippen molar-refractivity contribution < 1.29 is 18.7 Å². The van der Waals surface area contributed by atoms with Gasteiger partial charge in [-0.15, -0.1) is 11.3 Å². The van der Waals surface area contributed by atoms with Crippen molar-refractivity contribution in [3.8, 4) is 5.88 Å². The number of nitrogens with zero attached hydrogens (tertiary/aromatic N) is 2. The van der Waals surface area contributed by atoms with Crippen LogP contribution in [0.4, 0.5) is 5.13 Å². The number of thiazole rings is 1. The zero-order valence-corrected chi connectivity index (χ0v) is 14.7. The van der Waals surface area contributed by atoms with Gasteiger partial charge in [0.1, 0.15) is 0 Å². The Morgan fingerprint density at radius 2 is 2.19 bits per heavy atom. The molecule has 0 atom stereocenters. The maximum Gasteiger partial charge on any atom is 0.293 e. The van der Waals surface area contributed by atoms with Gasteiger partial charge in [0.2, 0.25) is 11.8 Å². The summed E-state index contributed by atoms with van der Waals surface area (Å²) in [7, 11) is 1.54. The Balaban J connectivity index is 1.48. The summed E-state index contributed by atoms with van der Waals surface area (Å²) in [5.74, 6) is 0.168. The van der Waals surface area contributed by atoms with Gasteiger partial charge in [-0.25, -0.2) is 9.97 Å². The molecule has 0 spiro atoms. The van der Waals surface area contributed by atoms with E-state index in [0.717, 1.165) is 5.56 Å². The van der Waals surface area contributed by atoms with Gasteiger partial charge in [-0.3, -0.25) is 14.9 Å². The molecule has 0 radical (unpaired) electrons. The molecule has 8 nitrogen and oxygen atoms in total. The summed E-state index contributed by atoms with van der Waals surface area (Å²) in [5.41, 5.74) is 1.44. The number of hydrogen-bond donors (Lipinski definition) is 2. The van der Waals surface area contributed by atoms with Crippen LogP contribution in [0.2, 0.25) is 0 Å². The molecule has 0 unspecified atom stereocenters. The molecule has 0 aliphatic carbocycles. The monoisotopic (exact) mass is 372 g/mol. The number of carbonyl (C=O) groups excluding carboxylic acids is 2. The van der Waals surface area contributed by atoms with Crippen molar-refractivity contribution in [1.29, 1.82) is 0 Å². The fraction of sp³-hybridized carbons (Fsp3) is 0.176. The van der Waals surface area contributed by atoms with E-state index in [1.54, 1.807) is 36.9 Å². The van der Waals surface area contributed by atoms with Gasteiger partial charge in [-0.2, -0.15) is 0 Å². The molecule has 2 N–H and O–H groups in total. The lowest BCUT2D eigenvalue weighted by atomic mass is 10.2. The molecule has 2 amide bonds. The number of ether oxygens (including phenoxy) is 1. The predicted octanol–water partition coefficient (Wildman–Crippen LogP) is 2.25. The van der Waals surface area contributed by atoms with E-state index in [0.29, 0.717) is 23.3 Å². The van der Waals surface area contributed by atoms with Crippen molar-refractivity contribution in [2.45, 2.75) is 13.0 Å². The molecule has 134 valence electrons. The van der Waals surface area contributed by atoms with Crippen LogP contribution in [0.3, 0.4) is 0 Å². The van der Waals surface area contributed by atoms with Gasteiger partial charge < -0.3 is 14.5 Å². The zero-order valence-electron chi connectivity index (χ0n) is 13.9. The van der Waals surface area contributed by atoms with Crippen LogP contribution in [0, 0.1) is 0 Å². The van der Waals surface area contributed by atoms with Crippen LogP contribution in [0.1, 0.15) is 21.8 Å². The maximum atomic E-state index is 12.0. The number of carbonyl (C=O) groups is 2. The van der Waals surface area contributed by atoms with E-state index < -0.39 is 0 Å². The number of methoxy groups -OCH3 is 1. The largest absolute Gasteiger partial charge is 0.481 e. The number of anilines is 1. The van der Waals surface area contributed by atoms with Crippen molar-refractivity contribution in [3.05, 3.63) is 59.1 Å². The van der Waals surface area contributed by atoms with Crippen molar-refractivity contribution in [1.82, 2.24) is 15.3 Å². The lowest BCUT2D eigenvalue weighted by molar-refractivity contribution is -0.120. The van der Waals surface area contributed by atoms with E-state index in [2.05, 4.69) is 20.6 Å². The standard InChI is InChI=1S/C17H16N4O4S/c1-24-15-5-4-11(9-19-15)8-18-14(22)7-12-10-26-17(20-12)21-16(23)13-3-2-6-25-13/h2-6,9-10H,7-8H2,1H3,(H,18,22)(H,20,21,23). The van der Waals surface area contributed by atoms with Gasteiger partial charge in [0.25, 0.3) is 5.91 Å². The van der Waals surface area contributed by atoms with Crippen LogP contribution in [-0.4, -0.2) is 28.9 Å². The summed E-state index contributed by atoms with van der Waals surface area (Å²) < 4.78 is 10.0. The van der Waals surface area contributed by atoms with E-state index >= 15 is 0 Å². The number of rotatable bonds is 7. The molecule has 3 aromatic rings. The second-order valence-corrected chi connectivity index (χ2v) is 6.10. The SMILES string of the molecule is COc1ccc(CNC(=O)Cc2csc(NC(=O)c3ccco3)n2)cn1. The van der Waals surface area contributed by atoms with E-state index in [-0.39, 0.29) is 24.0 Å². The number of pyridine rings is 1. The van der Waals surface area contributed by atoms with Gasteiger partial charge in [-0.05, 0) is 17.7 Å². The first-order valence-electron chi connectivity index (χ1n) is 7.69. The third kappa shape index (κ3) is 4.67. The van der Waals surface area contributed by atoms with Crippen LogP contribution < -0.4 is 15.4 Å². The van der Waals surface area contributed by atoms with Gasteiger partial charge in [0.05, 0.1) is 25.5 Å². The molecule has 0 aromatic carbocycles. The number of hydrogen-bond acceptors (Lipinski definition) is 7. The van der Waals surface area contributed by atoms with Crippen LogP contribution in [0.15, 0.2) is 46.5 Å². The molecule has 26 heavy (non-hydrogen) atoms. The topological polar surface area (TPSA) is 106 Å². The number of furan rings is 1. The Morgan fingerprint density at radius 3 is 2.88 bits per heavy atom. The van der Waals surface area contributed by atoms with E-state index in [1.807, 2.05) is 6.07 Å². The Hall–Kier alpha value is -3.20. The molecule has 3 heterocycles. The fourth-order valence-corrected chi connectivity index (χ4v) is 2.78. The number of amides is 2. The quantitative estimate of drug-likeness (QED) is 0.659. The molecule has 9 heteroatoms. The van der Waals surface area contributed by atoms with E-state index in [4.69, 9.17) is 9.15 Å². The van der Waals surface area contributed by atoms with Gasteiger partial charge >= 0.3 is 0 Å². The molecule has 0 bridgehead atoms. The van der Waals surface area contributed by atoms with E-state index in [9.17, 15) is 9.59 Å². The Kier molecular flexibility index (Phi) is 5.59. The average molecular weight is 372 g/mol. The van der Waals surface area contributed by atoms with Crippen LogP contribution in [0.5, 0.6) is 5.88 Å². The van der Waals surface area contributed by atoms with E-state index in [1.165, 1.54) is 17.6 Å². The molecule has 0 aliphatic rings. The highest BCUT2D eigenvalue weighted by atomic mass is 32.1. The lowest BCUT2D eigenvalue weighted by Gasteiger charge is -2.05. The molecular formula is C17H16N4O4S. The van der Waals surface area contributed by atoms with Gasteiger partial charge in [-0.1, -0.05) is 6.07 Å². The van der Waals surface area contributed by atoms with Gasteiger partial charge in [0, 0.05) is 24.2 Å². The van der Waals surface area contributed by atoms with Crippen LogP contribution >= 0.6 is 11.3 Å². The lowest BCUT2D eigenvalue weighted by Crippen LogP contribution is -2.24. The smallest absolute Gasteiger partial charge is 0.293 e. The highest BCUT2D eigenvalue weighted by molar-refractivity contribution is 7.14. The van der Waals surface area contributed by atoms with Crippen LogP contribution in [-0.2, 0) is 17.8 Å². The summed E-state index contributed by atoms with van der Waals surface area (Å²) in [6, 6.07) is 6.75. The first-order chi connectivity index (χ1) is 12.6. The first kappa shape index (κ1) is 17.6. The van der Waals surface area contributed by atoms with Crippen molar-refractivity contribution in [2.24, 2.45) is 0 Å². The Labute approximate surface area is 153 Å². The normalized spacial score (nSPS) is 10.3. The molecule has 3 rings (SSSR count). The minimum Gasteiger partial charge on any atom is -0.481 e. The molecule has 0 aliphatic heterocycles. The van der Waals surface area contributed by atoms with Crippen LogP contribution in [0.25, 0.3) is 0 Å². The minimum absolute atomic E-state index is 0.122. The Morgan fingerprint density at radius 1 is 1.31 bits per heavy atom. The molecule has 0 saturated heterocycles. The summed E-state index contributed by atoms with van der Waals surface area (Å²) in [5, 5.41) is 7.57. The summed E-state index contributed by atoms with van der Waals surface area (Å²) >= 11 is 1.25. The number of aromatic nitrogens is 2. The van der Waals surface area contributed by atoms with Crippen molar-refractivity contribution >= 4 is 28.3 Å². The highest BCUT2D eigenvalue weighted by Crippen LogP contribution is 2.17. The molecular weight excluding hydrogens is 356 g/mol. The Bertz CT molecular complexity index is 875. The second-order valence-electron chi connectivity index (χ2n) is 5.24. The summed E-state index contributed by atoms with van der Waals surface area (Å²) in [4.78, 5) is 32.2. The molecule has 0 saturated carbocycles. The predicted molar refractivity (Wildman–Crippen MR) is 95.1 cm³/mol. The highest BCUT2D eigenvalue weighted by Gasteiger charge is 2.12. The first-order valence-corrected chi connectivity index (χ1v) is 8.57. The van der Waals surface area contributed by atoms with Crippen molar-refractivity contribution in [3.63, 3.8) is 0 Å². The second kappa shape index (κ2) is 8.26. The van der Waals surface area contributed by atoms with Crippen molar-refractivity contribution in [2.75, 3.05) is 12.4 Å². The third-order valence-corrected chi connectivity index (χ3v) is 4.16. The number of nitrogens with one attached hydrogen (secondary N) is 2. The zero-order chi connectivity index (χ0) is 18.4.